The van der Waals surface area contributed by atoms with Crippen molar-refractivity contribution in [2.45, 2.75) is 62.7 Å². The Balaban J connectivity index is 2.19. The number of hydrogen-bond donors (Lipinski definition) is 4. The van der Waals surface area contributed by atoms with E-state index in [0.29, 0.717) is 12.0 Å². The van der Waals surface area contributed by atoms with E-state index in [-0.39, 0.29) is 29.2 Å². The van der Waals surface area contributed by atoms with Crippen LogP contribution in [0.5, 0.6) is 0 Å². The second-order valence-electron chi connectivity index (χ2n) is 8.84. The van der Waals surface area contributed by atoms with Gasteiger partial charge in [-0.25, -0.2) is 4.39 Å². The van der Waals surface area contributed by atoms with Gasteiger partial charge >= 0.3 is 0 Å². The highest BCUT2D eigenvalue weighted by atomic mass is 32.2. The molecule has 1 saturated heterocycles. The molecule has 0 aliphatic carbocycles. The van der Waals surface area contributed by atoms with Crippen LogP contribution in [-0.4, -0.2) is 57.8 Å². The average Bonchev–Trinajstić information content (AvgIpc) is 3.36. The smallest absolute Gasteiger partial charge is 0.243 e. The van der Waals surface area contributed by atoms with E-state index in [9.17, 15) is 23.6 Å². The second-order valence-corrected chi connectivity index (χ2v) is 11.6. The summed E-state index contributed by atoms with van der Waals surface area (Å²) in [7, 11) is 0. The highest BCUT2D eigenvalue weighted by molar-refractivity contribution is 8.21. The number of amides is 4. The summed E-state index contributed by atoms with van der Waals surface area (Å²) in [5.74, 6) is -0.502. The minimum absolute atomic E-state index is 0.0862. The molecule has 0 spiro atoms. The zero-order chi connectivity index (χ0) is 26.7. The minimum atomic E-state index is -0.988. The molecule has 1 aromatic rings. The van der Waals surface area contributed by atoms with Gasteiger partial charge in [-0.05, 0) is 37.0 Å². The highest BCUT2D eigenvalue weighted by Gasteiger charge is 2.32. The SMILES string of the molecule is C/C=C/C(CCC(N)=O)NC(=O)C(Cc1ccc(F)cc1)NC(=O)C(NC(=O)C1SCCS1)C(C)C. The van der Waals surface area contributed by atoms with Gasteiger partial charge in [-0.2, -0.15) is 0 Å². The van der Waals surface area contributed by atoms with Gasteiger partial charge in [-0.3, -0.25) is 19.2 Å². The van der Waals surface area contributed by atoms with Gasteiger partial charge in [0.05, 0.1) is 0 Å². The Morgan fingerprint density at radius 3 is 2.25 bits per heavy atom. The van der Waals surface area contributed by atoms with Gasteiger partial charge in [0.2, 0.25) is 23.6 Å². The van der Waals surface area contributed by atoms with Crippen molar-refractivity contribution in [2.24, 2.45) is 11.7 Å². The number of primary amides is 1. The molecule has 3 unspecified atom stereocenters. The molecule has 36 heavy (non-hydrogen) atoms. The van der Waals surface area contributed by atoms with Crippen LogP contribution in [0.3, 0.4) is 0 Å². The molecule has 198 valence electrons. The molecule has 0 aromatic heterocycles. The van der Waals surface area contributed by atoms with Crippen molar-refractivity contribution in [1.82, 2.24) is 16.0 Å². The van der Waals surface area contributed by atoms with Crippen LogP contribution in [0, 0.1) is 11.7 Å². The largest absolute Gasteiger partial charge is 0.370 e. The molecule has 1 aliphatic heterocycles. The van der Waals surface area contributed by atoms with Crippen LogP contribution in [0.2, 0.25) is 0 Å². The van der Waals surface area contributed by atoms with E-state index in [1.807, 2.05) is 13.8 Å². The van der Waals surface area contributed by atoms with Crippen molar-refractivity contribution in [1.29, 1.82) is 0 Å². The lowest BCUT2D eigenvalue weighted by Crippen LogP contribution is -2.57. The maximum absolute atomic E-state index is 13.4. The molecule has 4 amide bonds. The Morgan fingerprint density at radius 1 is 1.06 bits per heavy atom. The first-order valence-corrected chi connectivity index (χ1v) is 14.0. The Bertz CT molecular complexity index is 936. The van der Waals surface area contributed by atoms with Gasteiger partial charge in [0.15, 0.2) is 0 Å². The lowest BCUT2D eigenvalue weighted by Gasteiger charge is -2.27. The molecule has 11 heteroatoms. The van der Waals surface area contributed by atoms with Crippen molar-refractivity contribution < 1.29 is 23.6 Å². The number of allylic oxidation sites excluding steroid dienone is 1. The monoisotopic (exact) mass is 538 g/mol. The molecule has 1 aromatic carbocycles. The lowest BCUT2D eigenvalue weighted by molar-refractivity contribution is -0.132. The quantitative estimate of drug-likeness (QED) is 0.285. The fourth-order valence-electron chi connectivity index (χ4n) is 3.62. The molecule has 0 saturated carbocycles. The predicted octanol–water partition coefficient (Wildman–Crippen LogP) is 2.13. The molecule has 3 atom stereocenters. The number of nitrogens with one attached hydrogen (secondary N) is 3. The van der Waals surface area contributed by atoms with E-state index >= 15 is 0 Å². The summed E-state index contributed by atoms with van der Waals surface area (Å²) in [6.07, 6.45) is 4.00. The first-order valence-electron chi connectivity index (χ1n) is 11.9. The fourth-order valence-corrected chi connectivity index (χ4v) is 6.22. The number of carbonyl (C=O) groups is 4. The first kappa shape index (κ1) is 29.7. The standard InChI is InChI=1S/C25H35FN4O4S2/c1-4-5-18(10-11-20(27)31)28-22(32)19(14-16-6-8-17(26)9-7-16)29-23(33)21(15(2)3)30-24(34)25-35-12-13-36-25/h4-9,15,18-19,21,25H,10-14H2,1-3H3,(H2,27,31)(H,28,32)(H,29,33)(H,30,34)/b5-4+. The Kier molecular flexibility index (Phi) is 12.3. The van der Waals surface area contributed by atoms with Crippen LogP contribution in [0.4, 0.5) is 4.39 Å². The third-order valence-electron chi connectivity index (χ3n) is 5.52. The van der Waals surface area contributed by atoms with Crippen LogP contribution in [0.15, 0.2) is 36.4 Å². The van der Waals surface area contributed by atoms with Crippen molar-refractivity contribution in [3.63, 3.8) is 0 Å². The van der Waals surface area contributed by atoms with E-state index in [2.05, 4.69) is 16.0 Å². The van der Waals surface area contributed by atoms with Gasteiger partial charge in [-0.1, -0.05) is 38.1 Å². The first-order chi connectivity index (χ1) is 17.1. The van der Waals surface area contributed by atoms with Crippen LogP contribution >= 0.6 is 23.5 Å². The number of thioether (sulfide) groups is 2. The highest BCUT2D eigenvalue weighted by Crippen LogP contribution is 2.32. The summed E-state index contributed by atoms with van der Waals surface area (Å²) in [5, 5.41) is 8.46. The number of rotatable bonds is 13. The van der Waals surface area contributed by atoms with Crippen LogP contribution < -0.4 is 21.7 Å². The van der Waals surface area contributed by atoms with E-state index in [0.717, 1.165) is 11.5 Å². The average molecular weight is 539 g/mol. The lowest BCUT2D eigenvalue weighted by atomic mass is 10.0. The summed E-state index contributed by atoms with van der Waals surface area (Å²) in [4.78, 5) is 50.4. The summed E-state index contributed by atoms with van der Waals surface area (Å²) in [6.45, 7) is 5.43. The molecule has 1 aliphatic rings. The number of benzene rings is 1. The van der Waals surface area contributed by atoms with Gasteiger partial charge in [0.25, 0.3) is 0 Å². The van der Waals surface area contributed by atoms with Crippen molar-refractivity contribution in [3.8, 4) is 0 Å². The third-order valence-corrected chi connectivity index (χ3v) is 8.51. The number of carbonyl (C=O) groups excluding carboxylic acids is 4. The van der Waals surface area contributed by atoms with Crippen LogP contribution in [0.25, 0.3) is 0 Å². The molecular weight excluding hydrogens is 503 g/mol. The molecular formula is C25H35FN4O4S2. The molecule has 1 heterocycles. The number of hydrogen-bond acceptors (Lipinski definition) is 6. The number of halogens is 1. The van der Waals surface area contributed by atoms with E-state index in [1.165, 1.54) is 12.1 Å². The van der Waals surface area contributed by atoms with Gasteiger partial charge in [0, 0.05) is 30.4 Å². The van der Waals surface area contributed by atoms with Gasteiger partial charge in [0.1, 0.15) is 22.5 Å². The van der Waals surface area contributed by atoms with Crippen LogP contribution in [-0.2, 0) is 25.6 Å². The normalized spacial score (nSPS) is 16.5. The molecule has 1 fully saturated rings. The van der Waals surface area contributed by atoms with Crippen LogP contribution in [0.1, 0.15) is 39.2 Å². The molecule has 0 bridgehead atoms. The Hall–Kier alpha value is -2.53. The predicted molar refractivity (Wildman–Crippen MR) is 143 cm³/mol. The maximum Gasteiger partial charge on any atom is 0.243 e. The topological polar surface area (TPSA) is 130 Å². The maximum atomic E-state index is 13.4. The Labute approximate surface area is 220 Å². The van der Waals surface area contributed by atoms with E-state index in [1.54, 1.807) is 54.7 Å². The molecule has 2 rings (SSSR count). The zero-order valence-corrected chi connectivity index (χ0v) is 22.4. The van der Waals surface area contributed by atoms with E-state index < -0.39 is 41.7 Å². The number of nitrogens with two attached hydrogens (primary N) is 1. The third kappa shape index (κ3) is 9.85. The van der Waals surface area contributed by atoms with Gasteiger partial charge < -0.3 is 21.7 Å². The summed E-state index contributed by atoms with van der Waals surface area (Å²) >= 11 is 3.08. The Morgan fingerprint density at radius 2 is 1.69 bits per heavy atom. The van der Waals surface area contributed by atoms with Crippen molar-refractivity contribution in [3.05, 3.63) is 47.8 Å². The van der Waals surface area contributed by atoms with Gasteiger partial charge in [-0.15, -0.1) is 23.5 Å². The minimum Gasteiger partial charge on any atom is -0.370 e. The summed E-state index contributed by atoms with van der Waals surface area (Å²) in [5.41, 5.74) is 5.91. The van der Waals surface area contributed by atoms with Crippen molar-refractivity contribution >= 4 is 47.2 Å². The summed E-state index contributed by atoms with van der Waals surface area (Å²) < 4.78 is 13.1. The molecule has 0 radical (unpaired) electrons. The molecule has 5 N–H and O–H groups in total. The zero-order valence-electron chi connectivity index (χ0n) is 20.8. The summed E-state index contributed by atoms with van der Waals surface area (Å²) in [6, 6.07) is 3.40. The fraction of sp³-hybridized carbons (Fsp3) is 0.520. The van der Waals surface area contributed by atoms with E-state index in [4.69, 9.17) is 5.73 Å². The van der Waals surface area contributed by atoms with Crippen molar-refractivity contribution in [2.75, 3.05) is 11.5 Å². The molecule has 8 nitrogen and oxygen atoms in total. The second kappa shape index (κ2) is 14.9.